The first-order valence-corrected chi connectivity index (χ1v) is 8.59. The lowest BCUT2D eigenvalue weighted by Crippen LogP contribution is -2.37. The number of hydrogen-bond donors (Lipinski definition) is 0. The molecule has 0 saturated heterocycles. The molecule has 0 saturated carbocycles. The number of aromatic nitrogens is 2. The predicted molar refractivity (Wildman–Crippen MR) is 106 cm³/mol. The highest BCUT2D eigenvalue weighted by molar-refractivity contribution is 8.93. The van der Waals surface area contributed by atoms with Gasteiger partial charge in [0.05, 0.1) is 11.1 Å². The van der Waals surface area contributed by atoms with E-state index in [4.69, 9.17) is 0 Å². The third-order valence-electron chi connectivity index (χ3n) is 3.96. The molecule has 2 aromatic carbocycles. The molecule has 25 heavy (non-hydrogen) atoms. The van der Waals surface area contributed by atoms with Crippen LogP contribution in [0.5, 0.6) is 0 Å². The number of Topliss-reactive ketones (excluding diaryl/α,β-unsaturated/α-hetero) is 1. The van der Waals surface area contributed by atoms with Gasteiger partial charge in [0.2, 0.25) is 5.78 Å². The van der Waals surface area contributed by atoms with Crippen molar-refractivity contribution < 1.29 is 9.36 Å². The minimum atomic E-state index is 0. The molecular weight excluding hydrogens is 396 g/mol. The van der Waals surface area contributed by atoms with Gasteiger partial charge in [-0.2, -0.15) is 0 Å². The second kappa shape index (κ2) is 7.68. The number of fused-ring (bicyclic) bond motifs is 1. The summed E-state index contributed by atoms with van der Waals surface area (Å²) in [5.41, 5.74) is 1.68. The van der Waals surface area contributed by atoms with Crippen LogP contribution in [0.25, 0.3) is 21.3 Å². The Morgan fingerprint density at radius 1 is 1.00 bits per heavy atom. The van der Waals surface area contributed by atoms with Gasteiger partial charge in [0.1, 0.15) is 0 Å². The molecule has 0 bridgehead atoms. The van der Waals surface area contributed by atoms with E-state index < -0.39 is 0 Å². The lowest BCUT2D eigenvalue weighted by molar-refractivity contribution is -0.686. The minimum absolute atomic E-state index is 0. The normalized spacial score (nSPS) is 10.4. The summed E-state index contributed by atoms with van der Waals surface area (Å²) in [6.07, 6.45) is 3.63. The van der Waals surface area contributed by atoms with Crippen LogP contribution in [0.2, 0.25) is 0 Å². The molecule has 0 atom stereocenters. The molecule has 4 aromatic rings. The Morgan fingerprint density at radius 2 is 1.84 bits per heavy atom. The van der Waals surface area contributed by atoms with Crippen LogP contribution in [0.4, 0.5) is 0 Å². The maximum absolute atomic E-state index is 12.7. The quantitative estimate of drug-likeness (QED) is 0.359. The fraction of sp³-hybridized carbons (Fsp3) is 0.0500. The SMILES string of the molecule is Br.O=C(C[n+]1ccc(-c2cccs2)nc1)c1cccc2ccccc12. The summed E-state index contributed by atoms with van der Waals surface area (Å²) in [6, 6.07) is 19.8. The van der Waals surface area contributed by atoms with Crippen LogP contribution in [0.3, 0.4) is 0 Å². The zero-order chi connectivity index (χ0) is 16.4. The average Bonchev–Trinajstić information content (AvgIpc) is 3.16. The zero-order valence-corrected chi connectivity index (χ0v) is 15.9. The van der Waals surface area contributed by atoms with E-state index in [0.29, 0.717) is 0 Å². The number of carbonyl (C=O) groups excluding carboxylic acids is 1. The van der Waals surface area contributed by atoms with E-state index in [-0.39, 0.29) is 29.3 Å². The van der Waals surface area contributed by atoms with Gasteiger partial charge in [-0.05, 0) is 27.2 Å². The number of carbonyl (C=O) groups is 1. The highest BCUT2D eigenvalue weighted by Gasteiger charge is 2.14. The zero-order valence-electron chi connectivity index (χ0n) is 13.3. The van der Waals surface area contributed by atoms with Crippen LogP contribution in [-0.2, 0) is 6.54 Å². The van der Waals surface area contributed by atoms with Gasteiger partial charge < -0.3 is 0 Å². The molecule has 5 heteroatoms. The predicted octanol–water partition coefficient (Wildman–Crippen LogP) is 4.71. The van der Waals surface area contributed by atoms with Gasteiger partial charge in [-0.25, -0.2) is 4.57 Å². The van der Waals surface area contributed by atoms with E-state index in [0.717, 1.165) is 26.9 Å². The average molecular weight is 412 g/mol. The Balaban J connectivity index is 0.00000182. The fourth-order valence-electron chi connectivity index (χ4n) is 2.77. The molecule has 0 aliphatic carbocycles. The molecule has 0 N–H and O–H groups in total. The molecule has 124 valence electrons. The molecule has 4 rings (SSSR count). The van der Waals surface area contributed by atoms with Crippen LogP contribution >= 0.6 is 28.3 Å². The van der Waals surface area contributed by atoms with Crippen molar-refractivity contribution in [2.45, 2.75) is 6.54 Å². The van der Waals surface area contributed by atoms with Crippen LogP contribution in [-0.4, -0.2) is 10.8 Å². The van der Waals surface area contributed by atoms with Gasteiger partial charge in [-0.1, -0.05) is 48.5 Å². The maximum atomic E-state index is 12.7. The number of benzene rings is 2. The Bertz CT molecular complexity index is 993. The van der Waals surface area contributed by atoms with Crippen LogP contribution in [0.1, 0.15) is 10.4 Å². The van der Waals surface area contributed by atoms with Gasteiger partial charge >= 0.3 is 0 Å². The van der Waals surface area contributed by atoms with Crippen LogP contribution in [0, 0.1) is 0 Å². The minimum Gasteiger partial charge on any atom is -0.290 e. The summed E-state index contributed by atoms with van der Waals surface area (Å²) in [7, 11) is 0. The third-order valence-corrected chi connectivity index (χ3v) is 4.85. The van der Waals surface area contributed by atoms with Crippen LogP contribution in [0.15, 0.2) is 78.6 Å². The molecule has 0 unspecified atom stereocenters. The summed E-state index contributed by atoms with van der Waals surface area (Å²) in [5.74, 6) is 0.0856. The van der Waals surface area contributed by atoms with E-state index in [1.807, 2.05) is 76.8 Å². The summed E-state index contributed by atoms with van der Waals surface area (Å²) in [5, 5.41) is 4.11. The topological polar surface area (TPSA) is 33.8 Å². The van der Waals surface area contributed by atoms with Crippen molar-refractivity contribution in [3.8, 4) is 10.6 Å². The van der Waals surface area contributed by atoms with Gasteiger partial charge in [0.25, 0.3) is 6.33 Å². The summed E-state index contributed by atoms with van der Waals surface area (Å²) in [6.45, 7) is 0.283. The van der Waals surface area contributed by atoms with E-state index in [9.17, 15) is 4.79 Å². The lowest BCUT2D eigenvalue weighted by atomic mass is 10.0. The molecule has 0 radical (unpaired) electrons. The lowest BCUT2D eigenvalue weighted by Gasteiger charge is -2.05. The highest BCUT2D eigenvalue weighted by Crippen LogP contribution is 2.21. The Kier molecular flexibility index (Phi) is 5.36. The largest absolute Gasteiger partial charge is 0.290 e. The van der Waals surface area contributed by atoms with Crippen molar-refractivity contribution in [1.82, 2.24) is 4.98 Å². The van der Waals surface area contributed by atoms with Crippen molar-refractivity contribution in [3.05, 3.63) is 84.1 Å². The number of halogens is 1. The fourth-order valence-corrected chi connectivity index (χ4v) is 3.47. The van der Waals surface area contributed by atoms with Crippen molar-refractivity contribution in [2.24, 2.45) is 0 Å². The number of nitrogens with zero attached hydrogens (tertiary/aromatic N) is 2. The number of hydrogen-bond acceptors (Lipinski definition) is 3. The van der Waals surface area contributed by atoms with E-state index in [1.54, 1.807) is 17.7 Å². The van der Waals surface area contributed by atoms with Crippen molar-refractivity contribution in [2.75, 3.05) is 0 Å². The standard InChI is InChI=1S/C20H15N2OS.BrH/c23-19(17-8-3-6-15-5-1-2-7-16(15)17)13-22-11-10-18(21-14-22)20-9-4-12-24-20;/h1-12,14H,13H2;1H/q+1;. The molecule has 0 spiro atoms. The van der Waals surface area contributed by atoms with E-state index in [2.05, 4.69) is 4.98 Å². The Labute approximate surface area is 160 Å². The van der Waals surface area contributed by atoms with Gasteiger partial charge in [0.15, 0.2) is 12.2 Å². The molecule has 2 aromatic heterocycles. The van der Waals surface area contributed by atoms with Crippen molar-refractivity contribution in [1.29, 1.82) is 0 Å². The molecule has 0 aliphatic heterocycles. The van der Waals surface area contributed by atoms with Crippen LogP contribution < -0.4 is 4.57 Å². The first-order chi connectivity index (χ1) is 11.8. The Morgan fingerprint density at radius 3 is 2.60 bits per heavy atom. The molecular formula is C20H16BrN2OS+. The van der Waals surface area contributed by atoms with Crippen molar-refractivity contribution in [3.63, 3.8) is 0 Å². The maximum Gasteiger partial charge on any atom is 0.287 e. The van der Waals surface area contributed by atoms with Gasteiger partial charge in [0, 0.05) is 11.6 Å². The van der Waals surface area contributed by atoms with Gasteiger partial charge in [-0.15, -0.1) is 28.3 Å². The first-order valence-electron chi connectivity index (χ1n) is 7.71. The molecule has 0 fully saturated rings. The summed E-state index contributed by atoms with van der Waals surface area (Å²) in [4.78, 5) is 18.3. The summed E-state index contributed by atoms with van der Waals surface area (Å²) < 4.78 is 1.82. The van der Waals surface area contributed by atoms with E-state index in [1.165, 1.54) is 0 Å². The Hall–Kier alpha value is -2.37. The smallest absolute Gasteiger partial charge is 0.287 e. The molecule has 0 aliphatic rings. The second-order valence-corrected chi connectivity index (χ2v) is 6.49. The highest BCUT2D eigenvalue weighted by atomic mass is 79.9. The first kappa shape index (κ1) is 17.5. The molecule has 0 amide bonds. The number of ketones is 1. The molecule has 2 heterocycles. The van der Waals surface area contributed by atoms with Gasteiger partial charge in [-0.3, -0.25) is 4.79 Å². The third kappa shape index (κ3) is 3.67. The number of thiophene rings is 1. The van der Waals surface area contributed by atoms with E-state index >= 15 is 0 Å². The summed E-state index contributed by atoms with van der Waals surface area (Å²) >= 11 is 1.66. The monoisotopic (exact) mass is 411 g/mol. The number of rotatable bonds is 4. The van der Waals surface area contributed by atoms with Crippen molar-refractivity contribution >= 4 is 44.9 Å². The molecule has 3 nitrogen and oxygen atoms in total. The second-order valence-electron chi connectivity index (χ2n) is 5.55.